The van der Waals surface area contributed by atoms with E-state index in [9.17, 15) is 9.18 Å². The van der Waals surface area contributed by atoms with Gasteiger partial charge in [0.05, 0.1) is 5.69 Å². The zero-order chi connectivity index (χ0) is 9.97. The van der Waals surface area contributed by atoms with Gasteiger partial charge >= 0.3 is 0 Å². The first-order valence-corrected chi connectivity index (χ1v) is 4.66. The molecule has 0 bridgehead atoms. The first-order chi connectivity index (χ1) is 6.83. The van der Waals surface area contributed by atoms with E-state index in [0.29, 0.717) is 17.7 Å². The summed E-state index contributed by atoms with van der Waals surface area (Å²) in [4.78, 5) is 13.7. The van der Waals surface area contributed by atoms with Crippen LogP contribution in [-0.4, -0.2) is 6.08 Å². The Morgan fingerprint density at radius 3 is 3.14 bits per heavy atom. The van der Waals surface area contributed by atoms with Crippen LogP contribution in [0.4, 0.5) is 10.1 Å². The third-order valence-corrected chi connectivity index (χ3v) is 2.58. The molecule has 1 atom stereocenters. The van der Waals surface area contributed by atoms with Crippen molar-refractivity contribution in [2.24, 2.45) is 4.99 Å². The molecule has 1 unspecified atom stereocenters. The highest BCUT2D eigenvalue weighted by Gasteiger charge is 2.21. The third kappa shape index (κ3) is 1.47. The average Bonchev–Trinajstić information content (AvgIpc) is 2.20. The highest BCUT2D eigenvalue weighted by molar-refractivity contribution is 5.57. The quantitative estimate of drug-likeness (QED) is 0.495. The maximum Gasteiger partial charge on any atom is 0.240 e. The fourth-order valence-corrected chi connectivity index (χ4v) is 1.93. The van der Waals surface area contributed by atoms with Crippen molar-refractivity contribution in [1.82, 2.24) is 0 Å². The van der Waals surface area contributed by atoms with E-state index >= 15 is 0 Å². The second-order valence-electron chi connectivity index (χ2n) is 3.41. The van der Waals surface area contributed by atoms with Crippen LogP contribution in [0.3, 0.4) is 0 Å². The predicted octanol–water partition coefficient (Wildman–Crippen LogP) is 3.00. The van der Waals surface area contributed by atoms with Crippen LogP contribution in [0.25, 0.3) is 0 Å². The molecule has 0 saturated carbocycles. The molecule has 1 aliphatic carbocycles. The third-order valence-electron chi connectivity index (χ3n) is 2.58. The van der Waals surface area contributed by atoms with Crippen molar-refractivity contribution in [3.63, 3.8) is 0 Å². The summed E-state index contributed by atoms with van der Waals surface area (Å²) in [6, 6.07) is 5.22. The number of nitrogens with zero attached hydrogens (tertiary/aromatic N) is 1. The Morgan fingerprint density at radius 1 is 1.50 bits per heavy atom. The van der Waals surface area contributed by atoms with Crippen molar-refractivity contribution in [3.05, 3.63) is 29.3 Å². The summed E-state index contributed by atoms with van der Waals surface area (Å²) in [5.41, 5.74) is 2.13. The molecule has 0 spiro atoms. The minimum atomic E-state index is -0.902. The molecule has 2 rings (SSSR count). The van der Waals surface area contributed by atoms with Gasteiger partial charge in [-0.3, -0.25) is 0 Å². The average molecular weight is 191 g/mol. The van der Waals surface area contributed by atoms with Gasteiger partial charge in [-0.15, -0.1) is 0 Å². The number of benzene rings is 1. The van der Waals surface area contributed by atoms with Crippen LogP contribution in [0.15, 0.2) is 23.2 Å². The SMILES string of the molecule is O=C=Nc1cccc2c1CCCC2F. The molecule has 1 aliphatic rings. The first kappa shape index (κ1) is 9.10. The van der Waals surface area contributed by atoms with Gasteiger partial charge < -0.3 is 0 Å². The van der Waals surface area contributed by atoms with Crippen molar-refractivity contribution in [1.29, 1.82) is 0 Å². The fraction of sp³-hybridized carbons (Fsp3) is 0.364. The van der Waals surface area contributed by atoms with Gasteiger partial charge in [-0.2, -0.15) is 4.99 Å². The van der Waals surface area contributed by atoms with Crippen molar-refractivity contribution < 1.29 is 9.18 Å². The topological polar surface area (TPSA) is 29.4 Å². The largest absolute Gasteiger partial charge is 0.242 e. The Balaban J connectivity index is 2.54. The van der Waals surface area contributed by atoms with Crippen LogP contribution in [0.1, 0.15) is 30.1 Å². The van der Waals surface area contributed by atoms with Crippen LogP contribution in [0.5, 0.6) is 0 Å². The molecule has 72 valence electrons. The highest BCUT2D eigenvalue weighted by Crippen LogP contribution is 2.37. The van der Waals surface area contributed by atoms with Crippen LogP contribution >= 0.6 is 0 Å². The fourth-order valence-electron chi connectivity index (χ4n) is 1.93. The van der Waals surface area contributed by atoms with E-state index in [0.717, 1.165) is 18.4 Å². The van der Waals surface area contributed by atoms with E-state index in [1.807, 2.05) is 0 Å². The molecule has 0 aliphatic heterocycles. The van der Waals surface area contributed by atoms with Crippen LogP contribution < -0.4 is 0 Å². The van der Waals surface area contributed by atoms with E-state index in [2.05, 4.69) is 4.99 Å². The maximum absolute atomic E-state index is 13.5. The number of isocyanates is 1. The Morgan fingerprint density at radius 2 is 2.36 bits per heavy atom. The minimum Gasteiger partial charge on any atom is -0.242 e. The Kier molecular flexibility index (Phi) is 2.42. The van der Waals surface area contributed by atoms with Crippen LogP contribution in [-0.2, 0) is 11.2 Å². The summed E-state index contributed by atoms with van der Waals surface area (Å²) < 4.78 is 13.5. The summed E-state index contributed by atoms with van der Waals surface area (Å²) >= 11 is 0. The van der Waals surface area contributed by atoms with Crippen molar-refractivity contribution in [2.75, 3.05) is 0 Å². The molecule has 0 N–H and O–H groups in total. The molecule has 1 aromatic carbocycles. The second kappa shape index (κ2) is 3.72. The molecule has 0 radical (unpaired) electrons. The van der Waals surface area contributed by atoms with Gasteiger partial charge in [0.1, 0.15) is 6.17 Å². The van der Waals surface area contributed by atoms with E-state index in [1.165, 1.54) is 6.08 Å². The van der Waals surface area contributed by atoms with Gasteiger partial charge in [-0.05, 0) is 36.5 Å². The number of rotatable bonds is 1. The number of alkyl halides is 1. The molecule has 0 amide bonds. The smallest absolute Gasteiger partial charge is 0.240 e. The van der Waals surface area contributed by atoms with E-state index in [4.69, 9.17) is 0 Å². The summed E-state index contributed by atoms with van der Waals surface area (Å²) in [7, 11) is 0. The monoisotopic (exact) mass is 191 g/mol. The lowest BCUT2D eigenvalue weighted by molar-refractivity contribution is 0.302. The van der Waals surface area contributed by atoms with Crippen LogP contribution in [0, 0.1) is 0 Å². The molecule has 0 saturated heterocycles. The van der Waals surface area contributed by atoms with Gasteiger partial charge in [0.25, 0.3) is 0 Å². The van der Waals surface area contributed by atoms with Gasteiger partial charge in [0.15, 0.2) is 0 Å². The minimum absolute atomic E-state index is 0.569. The molecule has 3 heteroatoms. The molecule has 14 heavy (non-hydrogen) atoms. The summed E-state index contributed by atoms with van der Waals surface area (Å²) in [6.07, 6.45) is 2.79. The second-order valence-corrected chi connectivity index (χ2v) is 3.41. The standard InChI is InChI=1S/C11H10FNO/c12-10-5-1-4-9-8(10)3-2-6-11(9)13-7-14/h2-3,6,10H,1,4-5H2. The van der Waals surface area contributed by atoms with Crippen molar-refractivity contribution in [2.45, 2.75) is 25.4 Å². The van der Waals surface area contributed by atoms with Crippen molar-refractivity contribution in [3.8, 4) is 0 Å². The number of aliphatic imine (C=N–C) groups is 1. The number of hydrogen-bond donors (Lipinski definition) is 0. The van der Waals surface area contributed by atoms with Gasteiger partial charge in [0.2, 0.25) is 6.08 Å². The maximum atomic E-state index is 13.5. The van der Waals surface area contributed by atoms with Crippen LogP contribution in [0.2, 0.25) is 0 Å². The zero-order valence-corrected chi connectivity index (χ0v) is 7.66. The van der Waals surface area contributed by atoms with Crippen molar-refractivity contribution >= 4 is 11.8 Å². The van der Waals surface area contributed by atoms with Gasteiger partial charge in [0, 0.05) is 0 Å². The van der Waals surface area contributed by atoms with E-state index in [1.54, 1.807) is 18.2 Å². The highest BCUT2D eigenvalue weighted by atomic mass is 19.1. The summed E-state index contributed by atoms with van der Waals surface area (Å²) in [6.45, 7) is 0. The molecule has 0 fully saturated rings. The number of halogens is 1. The normalized spacial score (nSPS) is 19.6. The Hall–Kier alpha value is -1.47. The lowest BCUT2D eigenvalue weighted by atomic mass is 9.89. The molecular formula is C11H10FNO. The first-order valence-electron chi connectivity index (χ1n) is 4.66. The van der Waals surface area contributed by atoms with Gasteiger partial charge in [-0.25, -0.2) is 9.18 Å². The molecule has 1 aromatic rings. The number of fused-ring (bicyclic) bond motifs is 1. The lowest BCUT2D eigenvalue weighted by Crippen LogP contribution is -2.05. The molecular weight excluding hydrogens is 181 g/mol. The Bertz CT molecular complexity index is 396. The predicted molar refractivity (Wildman–Crippen MR) is 51.0 cm³/mol. The molecule has 0 heterocycles. The lowest BCUT2D eigenvalue weighted by Gasteiger charge is -2.20. The van der Waals surface area contributed by atoms with Gasteiger partial charge in [-0.1, -0.05) is 12.1 Å². The molecule has 0 aromatic heterocycles. The summed E-state index contributed by atoms with van der Waals surface area (Å²) in [5, 5.41) is 0. The summed E-state index contributed by atoms with van der Waals surface area (Å²) in [5.74, 6) is 0. The Labute approximate surface area is 81.5 Å². The zero-order valence-electron chi connectivity index (χ0n) is 7.66. The number of carbonyl (C=O) groups excluding carboxylic acids is 1. The molecule has 2 nitrogen and oxygen atoms in total. The van der Waals surface area contributed by atoms with E-state index < -0.39 is 6.17 Å². The van der Waals surface area contributed by atoms with E-state index in [-0.39, 0.29) is 0 Å². The number of hydrogen-bond acceptors (Lipinski definition) is 2.